The summed E-state index contributed by atoms with van der Waals surface area (Å²) in [5.41, 5.74) is 8.62. The molecule has 4 aliphatic heterocycles. The average molecular weight is 575 g/mol. The number of hydrogen-bond acceptors (Lipinski definition) is 4. The maximum absolute atomic E-state index is 9.83. The minimum atomic E-state index is 0.0174. The minimum absolute atomic E-state index is 0.0174. The van der Waals surface area contributed by atoms with Crippen molar-refractivity contribution in [2.45, 2.75) is 106 Å². The van der Waals surface area contributed by atoms with E-state index < -0.39 is 0 Å². The van der Waals surface area contributed by atoms with Crippen molar-refractivity contribution in [1.29, 1.82) is 0 Å². The zero-order chi connectivity index (χ0) is 30.3. The Kier molecular flexibility index (Phi) is 9.64. The van der Waals surface area contributed by atoms with Crippen molar-refractivity contribution in [3.63, 3.8) is 0 Å². The standard InChI is InChI=1S/C20H31N.C18H27NO2/c1-13(2)8-18-12-21-7-6-17-9-14(3)15(4)10-19(17)20(21)11-16(18)5;1-11(2)6-14-10-19-5-4-13-8-17(20)18(21)9-15(13)16(19)7-12(14)3/h9-10,13,16,18,20H,6-8,11-12H2,1-5H3;8-9,11-12,14,16,20-21H,4-7,10H2,1-3H3/t16?,18-,20-;12?,14-,16-/m11/s1. The highest BCUT2D eigenvalue weighted by Gasteiger charge is 2.38. The van der Waals surface area contributed by atoms with E-state index in [0.29, 0.717) is 12.1 Å². The summed E-state index contributed by atoms with van der Waals surface area (Å²) >= 11 is 0. The Morgan fingerprint density at radius 3 is 1.60 bits per heavy atom. The van der Waals surface area contributed by atoms with E-state index in [1.165, 1.54) is 67.6 Å². The Morgan fingerprint density at radius 2 is 1.10 bits per heavy atom. The molecule has 2 unspecified atom stereocenters. The number of aromatic hydroxyl groups is 2. The van der Waals surface area contributed by atoms with Crippen LogP contribution in [0.25, 0.3) is 0 Å². The molecule has 0 saturated carbocycles. The van der Waals surface area contributed by atoms with Gasteiger partial charge in [-0.1, -0.05) is 53.7 Å². The van der Waals surface area contributed by atoms with Gasteiger partial charge in [0.05, 0.1) is 0 Å². The molecule has 6 rings (SSSR count). The van der Waals surface area contributed by atoms with E-state index in [9.17, 15) is 10.2 Å². The van der Waals surface area contributed by atoms with Crippen LogP contribution in [-0.2, 0) is 12.8 Å². The molecule has 0 bridgehead atoms. The summed E-state index contributed by atoms with van der Waals surface area (Å²) in [6, 6.07) is 9.58. The van der Waals surface area contributed by atoms with Crippen molar-refractivity contribution >= 4 is 0 Å². The van der Waals surface area contributed by atoms with Crippen LogP contribution in [0.3, 0.4) is 0 Å². The zero-order valence-electron chi connectivity index (χ0n) is 27.8. The molecule has 4 nitrogen and oxygen atoms in total. The van der Waals surface area contributed by atoms with Gasteiger partial charge in [0.1, 0.15) is 0 Å². The second kappa shape index (κ2) is 12.9. The fourth-order valence-corrected chi connectivity index (χ4v) is 8.69. The summed E-state index contributed by atoms with van der Waals surface area (Å²) in [6.45, 7) is 23.6. The van der Waals surface area contributed by atoms with Crippen molar-refractivity contribution in [2.24, 2.45) is 35.5 Å². The molecule has 0 aliphatic carbocycles. The van der Waals surface area contributed by atoms with Crippen LogP contribution < -0.4 is 0 Å². The van der Waals surface area contributed by atoms with Crippen LogP contribution in [0.5, 0.6) is 11.5 Å². The summed E-state index contributed by atoms with van der Waals surface area (Å²) in [5, 5.41) is 19.5. The number of benzene rings is 2. The number of piperidine rings is 2. The van der Waals surface area contributed by atoms with Crippen molar-refractivity contribution in [2.75, 3.05) is 26.2 Å². The van der Waals surface area contributed by atoms with Crippen LogP contribution in [0.4, 0.5) is 0 Å². The number of hydrogen-bond donors (Lipinski definition) is 2. The van der Waals surface area contributed by atoms with Crippen molar-refractivity contribution in [1.82, 2.24) is 9.80 Å². The molecule has 0 amide bonds. The molecule has 0 spiro atoms. The predicted octanol–water partition coefficient (Wildman–Crippen LogP) is 8.60. The summed E-state index contributed by atoms with van der Waals surface area (Å²) in [7, 11) is 0. The van der Waals surface area contributed by atoms with Crippen LogP contribution in [0.15, 0.2) is 24.3 Å². The van der Waals surface area contributed by atoms with Crippen LogP contribution in [0, 0.1) is 49.4 Å². The third-order valence-electron chi connectivity index (χ3n) is 11.2. The maximum atomic E-state index is 9.83. The summed E-state index contributed by atoms with van der Waals surface area (Å²) in [6.07, 6.45) is 7.43. The number of phenolic OH excluding ortho intramolecular Hbond substituents is 2. The fourth-order valence-electron chi connectivity index (χ4n) is 8.69. The van der Waals surface area contributed by atoms with Crippen LogP contribution >= 0.6 is 0 Å². The molecule has 4 heterocycles. The molecule has 4 aliphatic rings. The van der Waals surface area contributed by atoms with E-state index in [-0.39, 0.29) is 11.5 Å². The highest BCUT2D eigenvalue weighted by molar-refractivity contribution is 5.48. The first kappa shape index (κ1) is 31.4. The van der Waals surface area contributed by atoms with Crippen molar-refractivity contribution in [3.05, 3.63) is 57.6 Å². The van der Waals surface area contributed by atoms with Crippen molar-refractivity contribution < 1.29 is 10.2 Å². The molecular formula is C38H58N2O2. The molecular weight excluding hydrogens is 516 g/mol. The van der Waals surface area contributed by atoms with E-state index >= 15 is 0 Å². The molecule has 2 saturated heterocycles. The SMILES string of the molecule is CC(C)C[C@@H]1CN2CCc3cc(O)c(O)cc3[C@H]2CC1C.Cc1cc2c(cc1C)[C@H]1CC(C)[C@H](CC(C)C)CN1CC2. The first-order chi connectivity index (χ1) is 19.9. The van der Waals surface area contributed by atoms with Crippen molar-refractivity contribution in [3.8, 4) is 11.5 Å². The van der Waals surface area contributed by atoms with Gasteiger partial charge in [-0.2, -0.15) is 0 Å². The van der Waals surface area contributed by atoms with Gasteiger partial charge in [0.15, 0.2) is 11.5 Å². The Balaban J connectivity index is 0.000000168. The molecule has 2 aromatic carbocycles. The Hall–Kier alpha value is -2.04. The lowest BCUT2D eigenvalue weighted by molar-refractivity contribution is 0.0515. The topological polar surface area (TPSA) is 46.9 Å². The van der Waals surface area contributed by atoms with Gasteiger partial charge in [-0.05, 0) is 133 Å². The predicted molar refractivity (Wildman–Crippen MR) is 175 cm³/mol. The van der Waals surface area contributed by atoms with Crippen LogP contribution in [0.2, 0.25) is 0 Å². The van der Waals surface area contributed by atoms with Gasteiger partial charge in [0.25, 0.3) is 0 Å². The molecule has 2 fully saturated rings. The minimum Gasteiger partial charge on any atom is -0.504 e. The average Bonchev–Trinajstić information content (AvgIpc) is 2.91. The summed E-state index contributed by atoms with van der Waals surface area (Å²) < 4.78 is 0. The molecule has 42 heavy (non-hydrogen) atoms. The van der Waals surface area contributed by atoms with E-state index in [1.807, 2.05) is 0 Å². The van der Waals surface area contributed by atoms with E-state index in [1.54, 1.807) is 23.3 Å². The third kappa shape index (κ3) is 6.70. The second-order valence-corrected chi connectivity index (χ2v) is 15.4. The van der Waals surface area contributed by atoms with Gasteiger partial charge < -0.3 is 10.2 Å². The number of aryl methyl sites for hydroxylation is 2. The summed E-state index contributed by atoms with van der Waals surface area (Å²) in [5.74, 6) is 4.89. The number of phenols is 2. The first-order valence-corrected chi connectivity index (χ1v) is 17.0. The maximum Gasteiger partial charge on any atom is 0.157 e. The van der Waals surface area contributed by atoms with Gasteiger partial charge in [0.2, 0.25) is 0 Å². The lowest BCUT2D eigenvalue weighted by Crippen LogP contribution is -2.45. The Morgan fingerprint density at radius 1 is 0.667 bits per heavy atom. The highest BCUT2D eigenvalue weighted by Crippen LogP contribution is 2.45. The number of fused-ring (bicyclic) bond motifs is 6. The quantitative estimate of drug-likeness (QED) is 0.359. The third-order valence-corrected chi connectivity index (χ3v) is 11.2. The smallest absolute Gasteiger partial charge is 0.157 e. The molecule has 6 atom stereocenters. The zero-order valence-corrected chi connectivity index (χ0v) is 27.8. The second-order valence-electron chi connectivity index (χ2n) is 15.4. The van der Waals surface area contributed by atoms with Crippen LogP contribution in [0.1, 0.15) is 113 Å². The molecule has 2 N–H and O–H groups in total. The number of rotatable bonds is 4. The molecule has 2 aromatic rings. The highest BCUT2D eigenvalue weighted by atomic mass is 16.3. The van der Waals surface area contributed by atoms with Gasteiger partial charge in [0, 0.05) is 38.3 Å². The monoisotopic (exact) mass is 574 g/mol. The van der Waals surface area contributed by atoms with Gasteiger partial charge in [-0.25, -0.2) is 0 Å². The molecule has 0 radical (unpaired) electrons. The van der Waals surface area contributed by atoms with Gasteiger partial charge >= 0.3 is 0 Å². The number of nitrogens with zero attached hydrogens (tertiary/aromatic N) is 2. The van der Waals surface area contributed by atoms with Gasteiger partial charge in [-0.15, -0.1) is 0 Å². The van der Waals surface area contributed by atoms with E-state index in [2.05, 4.69) is 77.3 Å². The van der Waals surface area contributed by atoms with Gasteiger partial charge in [-0.3, -0.25) is 9.80 Å². The largest absolute Gasteiger partial charge is 0.504 e. The van der Waals surface area contributed by atoms with Crippen LogP contribution in [-0.4, -0.2) is 46.2 Å². The lowest BCUT2D eigenvalue weighted by Gasteiger charge is -2.47. The molecule has 4 heteroatoms. The van der Waals surface area contributed by atoms with E-state index in [4.69, 9.17) is 0 Å². The normalized spacial score (nSPS) is 29.3. The first-order valence-electron chi connectivity index (χ1n) is 17.0. The Labute approximate surface area is 256 Å². The lowest BCUT2D eigenvalue weighted by atomic mass is 9.74. The fraction of sp³-hybridized carbons (Fsp3) is 0.684. The molecule has 0 aromatic heterocycles. The Bertz CT molecular complexity index is 1140. The van der Waals surface area contributed by atoms with E-state index in [0.717, 1.165) is 54.9 Å². The molecule has 232 valence electrons. The summed E-state index contributed by atoms with van der Waals surface area (Å²) in [4.78, 5) is 5.37.